The summed E-state index contributed by atoms with van der Waals surface area (Å²) in [6, 6.07) is 6.90. The second-order valence-corrected chi connectivity index (χ2v) is 7.77. The van der Waals surface area contributed by atoms with Gasteiger partial charge in [-0.05, 0) is 32.0 Å². The van der Waals surface area contributed by atoms with E-state index in [2.05, 4.69) is 10.5 Å². The Balaban J connectivity index is 1.85. The molecule has 0 bridgehead atoms. The first-order valence-corrected chi connectivity index (χ1v) is 9.97. The SMILES string of the molecule is CCOC(=O)c1noc(C)c1C(=O)Nc1ccc(-c2ccc(Cl)c(Cl)c2Cl)s1. The quantitative estimate of drug-likeness (QED) is 0.368. The van der Waals surface area contributed by atoms with Gasteiger partial charge in [-0.1, -0.05) is 46.0 Å². The molecule has 3 rings (SSSR count). The van der Waals surface area contributed by atoms with Gasteiger partial charge in [-0.2, -0.15) is 0 Å². The van der Waals surface area contributed by atoms with E-state index >= 15 is 0 Å². The molecule has 6 nitrogen and oxygen atoms in total. The fourth-order valence-electron chi connectivity index (χ4n) is 2.42. The highest BCUT2D eigenvalue weighted by Gasteiger charge is 2.27. The molecule has 0 aliphatic heterocycles. The molecule has 0 unspecified atom stereocenters. The number of anilines is 1. The zero-order chi connectivity index (χ0) is 20.4. The minimum Gasteiger partial charge on any atom is -0.461 e. The Kier molecular flexibility index (Phi) is 6.30. The van der Waals surface area contributed by atoms with Crippen LogP contribution in [0.2, 0.25) is 15.1 Å². The van der Waals surface area contributed by atoms with Gasteiger partial charge in [0.05, 0.1) is 26.7 Å². The van der Waals surface area contributed by atoms with Gasteiger partial charge in [-0.15, -0.1) is 11.3 Å². The average Bonchev–Trinajstić information content (AvgIpc) is 3.26. The number of aromatic nitrogens is 1. The number of esters is 1. The third kappa shape index (κ3) is 4.03. The number of ether oxygens (including phenoxy) is 1. The average molecular weight is 460 g/mol. The minimum atomic E-state index is -0.723. The van der Waals surface area contributed by atoms with Crippen molar-refractivity contribution >= 4 is 63.0 Å². The van der Waals surface area contributed by atoms with Crippen molar-refractivity contribution in [1.82, 2.24) is 5.16 Å². The Hall–Kier alpha value is -2.06. The van der Waals surface area contributed by atoms with E-state index in [0.717, 1.165) is 4.88 Å². The summed E-state index contributed by atoms with van der Waals surface area (Å²) in [7, 11) is 0. The molecular formula is C18H13Cl3N2O4S. The maximum absolute atomic E-state index is 12.7. The number of rotatable bonds is 5. The molecule has 2 aromatic heterocycles. The van der Waals surface area contributed by atoms with Crippen LogP contribution in [0, 0.1) is 6.92 Å². The summed E-state index contributed by atoms with van der Waals surface area (Å²) in [6.07, 6.45) is 0. The fraction of sp³-hybridized carbons (Fsp3) is 0.167. The number of carbonyl (C=O) groups is 2. The van der Waals surface area contributed by atoms with Gasteiger partial charge in [0.1, 0.15) is 11.3 Å². The summed E-state index contributed by atoms with van der Waals surface area (Å²) < 4.78 is 9.89. The van der Waals surface area contributed by atoms with Gasteiger partial charge < -0.3 is 14.6 Å². The van der Waals surface area contributed by atoms with Crippen LogP contribution in [-0.2, 0) is 4.74 Å². The first kappa shape index (κ1) is 20.7. The van der Waals surface area contributed by atoms with Crippen molar-refractivity contribution < 1.29 is 18.8 Å². The van der Waals surface area contributed by atoms with Crippen LogP contribution in [0.15, 0.2) is 28.8 Å². The molecule has 0 aliphatic rings. The van der Waals surface area contributed by atoms with Crippen molar-refractivity contribution in [3.63, 3.8) is 0 Å². The van der Waals surface area contributed by atoms with E-state index in [9.17, 15) is 9.59 Å². The summed E-state index contributed by atoms with van der Waals surface area (Å²) >= 11 is 19.6. The topological polar surface area (TPSA) is 81.4 Å². The van der Waals surface area contributed by atoms with Gasteiger partial charge in [-0.3, -0.25) is 4.79 Å². The Morgan fingerprint density at radius 2 is 1.93 bits per heavy atom. The van der Waals surface area contributed by atoms with Gasteiger partial charge in [-0.25, -0.2) is 4.79 Å². The van der Waals surface area contributed by atoms with Crippen molar-refractivity contribution in [3.8, 4) is 10.4 Å². The Bertz CT molecular complexity index is 1060. The number of carbonyl (C=O) groups excluding carboxylic acids is 2. The van der Waals surface area contributed by atoms with Crippen molar-refractivity contribution in [2.45, 2.75) is 13.8 Å². The van der Waals surface area contributed by atoms with Crippen LogP contribution in [-0.4, -0.2) is 23.6 Å². The van der Waals surface area contributed by atoms with Crippen LogP contribution in [0.3, 0.4) is 0 Å². The number of amides is 1. The van der Waals surface area contributed by atoms with E-state index in [4.69, 9.17) is 44.1 Å². The Labute approximate surface area is 179 Å². The van der Waals surface area contributed by atoms with Crippen LogP contribution >= 0.6 is 46.1 Å². The second-order valence-electron chi connectivity index (χ2n) is 5.52. The molecule has 1 aromatic carbocycles. The maximum atomic E-state index is 12.7. The third-order valence-electron chi connectivity index (χ3n) is 3.70. The maximum Gasteiger partial charge on any atom is 0.361 e. The normalized spacial score (nSPS) is 10.8. The van der Waals surface area contributed by atoms with Gasteiger partial charge in [0, 0.05) is 10.4 Å². The largest absolute Gasteiger partial charge is 0.461 e. The number of benzene rings is 1. The molecule has 0 saturated heterocycles. The number of hydrogen-bond donors (Lipinski definition) is 1. The lowest BCUT2D eigenvalue weighted by Crippen LogP contribution is -2.17. The Morgan fingerprint density at radius 3 is 2.64 bits per heavy atom. The lowest BCUT2D eigenvalue weighted by atomic mass is 10.2. The molecule has 0 fully saturated rings. The predicted molar refractivity (Wildman–Crippen MR) is 110 cm³/mol. The van der Waals surface area contributed by atoms with Gasteiger partial charge in [0.2, 0.25) is 5.69 Å². The zero-order valence-corrected chi connectivity index (χ0v) is 17.7. The molecule has 146 valence electrons. The van der Waals surface area contributed by atoms with E-state index in [1.54, 1.807) is 38.1 Å². The molecule has 1 N–H and O–H groups in total. The molecule has 0 radical (unpaired) electrons. The Morgan fingerprint density at radius 1 is 1.18 bits per heavy atom. The number of hydrogen-bond acceptors (Lipinski definition) is 6. The van der Waals surface area contributed by atoms with Crippen molar-refractivity contribution in [2.24, 2.45) is 0 Å². The molecule has 0 atom stereocenters. The summed E-state index contributed by atoms with van der Waals surface area (Å²) in [5, 5.41) is 7.84. The number of aryl methyl sites for hydroxylation is 1. The molecule has 0 spiro atoms. The molecule has 28 heavy (non-hydrogen) atoms. The van der Waals surface area contributed by atoms with Crippen LogP contribution in [0.4, 0.5) is 5.00 Å². The molecular weight excluding hydrogens is 447 g/mol. The number of nitrogens with zero attached hydrogens (tertiary/aromatic N) is 1. The van der Waals surface area contributed by atoms with Gasteiger partial charge in [0.15, 0.2) is 0 Å². The molecule has 1 amide bonds. The first-order valence-electron chi connectivity index (χ1n) is 8.02. The van der Waals surface area contributed by atoms with Gasteiger partial charge >= 0.3 is 5.97 Å². The fourth-order valence-corrected chi connectivity index (χ4v) is 4.04. The molecule has 0 saturated carbocycles. The van der Waals surface area contributed by atoms with Crippen molar-refractivity contribution in [2.75, 3.05) is 11.9 Å². The highest BCUT2D eigenvalue weighted by atomic mass is 35.5. The summed E-state index contributed by atoms with van der Waals surface area (Å²) in [5.41, 5.74) is 0.553. The minimum absolute atomic E-state index is 0.0287. The smallest absolute Gasteiger partial charge is 0.361 e. The van der Waals surface area contributed by atoms with Crippen LogP contribution in [0.1, 0.15) is 33.5 Å². The summed E-state index contributed by atoms with van der Waals surface area (Å²) in [4.78, 5) is 25.4. The molecule has 10 heteroatoms. The van der Waals surface area contributed by atoms with Crippen LogP contribution in [0.25, 0.3) is 10.4 Å². The highest BCUT2D eigenvalue weighted by molar-refractivity contribution is 7.19. The lowest BCUT2D eigenvalue weighted by Gasteiger charge is -2.05. The van der Waals surface area contributed by atoms with Crippen LogP contribution in [0.5, 0.6) is 0 Å². The molecule has 2 heterocycles. The first-order chi connectivity index (χ1) is 13.3. The number of halogens is 3. The van der Waals surface area contributed by atoms with E-state index in [-0.39, 0.29) is 28.6 Å². The summed E-state index contributed by atoms with van der Waals surface area (Å²) in [6.45, 7) is 3.36. The molecule has 3 aromatic rings. The van der Waals surface area contributed by atoms with E-state index in [0.29, 0.717) is 20.6 Å². The van der Waals surface area contributed by atoms with E-state index in [1.165, 1.54) is 11.3 Å². The standard InChI is InChI=1S/C18H13Cl3N2O4S/c1-3-26-18(25)16-13(8(2)27-23-16)17(24)22-12-7-6-11(28-12)9-4-5-10(19)15(21)14(9)20/h4-7H,3H2,1-2H3,(H,22,24). The highest BCUT2D eigenvalue weighted by Crippen LogP contribution is 2.41. The second kappa shape index (κ2) is 8.53. The van der Waals surface area contributed by atoms with Crippen LogP contribution < -0.4 is 5.32 Å². The predicted octanol–water partition coefficient (Wildman–Crippen LogP) is 6.10. The van der Waals surface area contributed by atoms with E-state index in [1.807, 2.05) is 0 Å². The zero-order valence-electron chi connectivity index (χ0n) is 14.6. The van der Waals surface area contributed by atoms with Crippen molar-refractivity contribution in [1.29, 1.82) is 0 Å². The molecule has 0 aliphatic carbocycles. The number of nitrogens with one attached hydrogen (secondary N) is 1. The van der Waals surface area contributed by atoms with E-state index < -0.39 is 11.9 Å². The number of thiophene rings is 1. The lowest BCUT2D eigenvalue weighted by molar-refractivity contribution is 0.0512. The van der Waals surface area contributed by atoms with Gasteiger partial charge in [0.25, 0.3) is 5.91 Å². The third-order valence-corrected chi connectivity index (χ3v) is 6.03. The monoisotopic (exact) mass is 458 g/mol. The summed E-state index contributed by atoms with van der Waals surface area (Å²) in [5.74, 6) is -1.04. The van der Waals surface area contributed by atoms with Crippen molar-refractivity contribution in [3.05, 3.63) is 56.4 Å².